The molecule has 11 heteroatoms. The standard InChI is InChI=1S/C25H23ClFN7O2/c26-22-21-24(31-23(30-22)19-4-3-13-35-19)34(20-5-1-2-12-36-20)25(29-21)33-10-8-32(9-11-33)18-7-6-16(15-28)14-17(18)27/h3-4,6-7,13-14,20H,1-2,5,8-12H2. The van der Waals surface area contributed by atoms with E-state index in [1.54, 1.807) is 30.5 Å². The quantitative estimate of drug-likeness (QED) is 0.364. The smallest absolute Gasteiger partial charge is 0.210 e. The molecule has 1 aromatic carbocycles. The van der Waals surface area contributed by atoms with E-state index in [4.69, 9.17) is 36.0 Å². The molecule has 2 saturated heterocycles. The van der Waals surface area contributed by atoms with Crippen molar-refractivity contribution in [3.63, 3.8) is 0 Å². The molecule has 1 unspecified atom stereocenters. The lowest BCUT2D eigenvalue weighted by atomic mass is 10.2. The van der Waals surface area contributed by atoms with Crippen molar-refractivity contribution in [3.05, 3.63) is 53.1 Å². The number of ether oxygens (including phenoxy) is 1. The van der Waals surface area contributed by atoms with Crippen LogP contribution in [0.5, 0.6) is 0 Å². The summed E-state index contributed by atoms with van der Waals surface area (Å²) in [6, 6.07) is 10.1. The van der Waals surface area contributed by atoms with Crippen LogP contribution in [0, 0.1) is 17.1 Å². The number of fused-ring (bicyclic) bond motifs is 1. The fourth-order valence-corrected chi connectivity index (χ4v) is 5.05. The molecule has 0 spiro atoms. The first-order chi connectivity index (χ1) is 17.6. The number of benzene rings is 1. The van der Waals surface area contributed by atoms with Gasteiger partial charge in [0.1, 0.15) is 17.6 Å². The van der Waals surface area contributed by atoms with Gasteiger partial charge in [-0.25, -0.2) is 19.3 Å². The minimum Gasteiger partial charge on any atom is -0.461 e. The van der Waals surface area contributed by atoms with E-state index in [9.17, 15) is 4.39 Å². The van der Waals surface area contributed by atoms with Crippen LogP contribution in [0.1, 0.15) is 31.1 Å². The van der Waals surface area contributed by atoms with E-state index in [1.807, 2.05) is 15.5 Å². The molecule has 6 rings (SSSR count). The van der Waals surface area contributed by atoms with Gasteiger partial charge in [0.05, 0.1) is 23.6 Å². The van der Waals surface area contributed by atoms with Gasteiger partial charge in [0.2, 0.25) is 5.95 Å². The summed E-state index contributed by atoms with van der Waals surface area (Å²) >= 11 is 6.59. The second-order valence-electron chi connectivity index (χ2n) is 8.84. The largest absolute Gasteiger partial charge is 0.461 e. The highest BCUT2D eigenvalue weighted by atomic mass is 35.5. The van der Waals surface area contributed by atoms with Crippen LogP contribution in [0.4, 0.5) is 16.0 Å². The average Bonchev–Trinajstić information content (AvgIpc) is 3.58. The Balaban J connectivity index is 1.35. The van der Waals surface area contributed by atoms with Crippen LogP contribution in [0.15, 0.2) is 41.0 Å². The first-order valence-corrected chi connectivity index (χ1v) is 12.3. The van der Waals surface area contributed by atoms with E-state index in [1.165, 1.54) is 6.07 Å². The van der Waals surface area contributed by atoms with Gasteiger partial charge in [-0.15, -0.1) is 0 Å². The van der Waals surface area contributed by atoms with Gasteiger partial charge in [0.15, 0.2) is 22.4 Å². The molecule has 9 nitrogen and oxygen atoms in total. The summed E-state index contributed by atoms with van der Waals surface area (Å²) in [5.74, 6) is 1.24. The summed E-state index contributed by atoms with van der Waals surface area (Å²) in [5.41, 5.74) is 1.92. The van der Waals surface area contributed by atoms with Gasteiger partial charge in [-0.3, -0.25) is 4.57 Å². The molecule has 2 fully saturated rings. The minimum atomic E-state index is -0.391. The molecule has 0 amide bonds. The summed E-state index contributed by atoms with van der Waals surface area (Å²) in [5, 5.41) is 9.28. The third-order valence-corrected chi connectivity index (χ3v) is 6.91. The van der Waals surface area contributed by atoms with E-state index in [0.717, 1.165) is 19.3 Å². The normalized spacial score (nSPS) is 18.5. The minimum absolute atomic E-state index is 0.219. The molecule has 0 N–H and O–H groups in total. The van der Waals surface area contributed by atoms with Crippen molar-refractivity contribution in [1.29, 1.82) is 5.26 Å². The second kappa shape index (κ2) is 9.41. The maximum Gasteiger partial charge on any atom is 0.210 e. The van der Waals surface area contributed by atoms with Crippen LogP contribution < -0.4 is 9.80 Å². The van der Waals surface area contributed by atoms with Crippen LogP contribution in [0.2, 0.25) is 5.15 Å². The Morgan fingerprint density at radius 2 is 1.89 bits per heavy atom. The molecule has 0 bridgehead atoms. The lowest BCUT2D eigenvalue weighted by Gasteiger charge is -2.37. The van der Waals surface area contributed by atoms with Crippen LogP contribution >= 0.6 is 11.6 Å². The van der Waals surface area contributed by atoms with Crippen molar-refractivity contribution in [1.82, 2.24) is 19.5 Å². The summed E-state index contributed by atoms with van der Waals surface area (Å²) in [4.78, 5) is 18.2. The highest BCUT2D eigenvalue weighted by Crippen LogP contribution is 2.35. The van der Waals surface area contributed by atoms with Crippen molar-refractivity contribution < 1.29 is 13.5 Å². The van der Waals surface area contributed by atoms with Gasteiger partial charge < -0.3 is 19.0 Å². The Morgan fingerprint density at radius 1 is 1.06 bits per heavy atom. The van der Waals surface area contributed by atoms with Gasteiger partial charge in [0.25, 0.3) is 0 Å². The number of anilines is 2. The predicted octanol–water partition coefficient (Wildman–Crippen LogP) is 4.78. The molecule has 184 valence electrons. The average molecular weight is 508 g/mol. The maximum absolute atomic E-state index is 14.6. The van der Waals surface area contributed by atoms with Crippen LogP contribution in [-0.2, 0) is 4.74 Å². The van der Waals surface area contributed by atoms with E-state index < -0.39 is 5.82 Å². The number of nitrogens with zero attached hydrogens (tertiary/aromatic N) is 7. The monoisotopic (exact) mass is 507 g/mol. The SMILES string of the molecule is N#Cc1ccc(N2CCN(c3nc4c(Cl)nc(-c5ccco5)nc4n3C3CCCCO3)CC2)c(F)c1. The number of hydrogen-bond acceptors (Lipinski definition) is 8. The molecular formula is C25H23ClFN7O2. The molecule has 0 radical (unpaired) electrons. The zero-order chi connectivity index (χ0) is 24.6. The molecule has 2 aliphatic rings. The number of aromatic nitrogens is 4. The van der Waals surface area contributed by atoms with Gasteiger partial charge in [-0.2, -0.15) is 5.26 Å². The molecular weight excluding hydrogens is 485 g/mol. The van der Waals surface area contributed by atoms with Gasteiger partial charge in [0, 0.05) is 32.8 Å². The Hall–Kier alpha value is -3.68. The molecule has 2 aliphatic heterocycles. The van der Waals surface area contributed by atoms with Crippen LogP contribution in [0.3, 0.4) is 0 Å². The summed E-state index contributed by atoms with van der Waals surface area (Å²) in [6.45, 7) is 3.08. The summed E-state index contributed by atoms with van der Waals surface area (Å²) in [6.07, 6.45) is 4.25. The number of furan rings is 1. The first-order valence-electron chi connectivity index (χ1n) is 11.9. The van der Waals surface area contributed by atoms with E-state index in [2.05, 4.69) is 9.88 Å². The number of halogens is 2. The number of piperazine rings is 1. The molecule has 0 saturated carbocycles. The van der Waals surface area contributed by atoms with Crippen molar-refractivity contribution in [2.24, 2.45) is 0 Å². The predicted molar refractivity (Wildman–Crippen MR) is 132 cm³/mol. The number of nitriles is 1. The topological polar surface area (TPSA) is 96.2 Å². The number of rotatable bonds is 4. The van der Waals surface area contributed by atoms with Crippen molar-refractivity contribution in [3.8, 4) is 17.7 Å². The fraction of sp³-hybridized carbons (Fsp3) is 0.360. The Labute approximate surface area is 211 Å². The molecule has 36 heavy (non-hydrogen) atoms. The Kier molecular flexibility index (Phi) is 5.95. The third kappa shape index (κ3) is 4.04. The van der Waals surface area contributed by atoms with Crippen LogP contribution in [0.25, 0.3) is 22.7 Å². The lowest BCUT2D eigenvalue weighted by Crippen LogP contribution is -2.48. The molecule has 3 aromatic heterocycles. The van der Waals surface area contributed by atoms with Crippen molar-refractivity contribution in [2.45, 2.75) is 25.5 Å². The second-order valence-corrected chi connectivity index (χ2v) is 9.20. The zero-order valence-corrected chi connectivity index (χ0v) is 20.2. The molecule has 0 aliphatic carbocycles. The summed E-state index contributed by atoms with van der Waals surface area (Å²) < 4.78 is 28.3. The number of hydrogen-bond donors (Lipinski definition) is 0. The van der Waals surface area contributed by atoms with Gasteiger partial charge in [-0.05, 0) is 49.6 Å². The Morgan fingerprint density at radius 3 is 2.58 bits per heavy atom. The van der Waals surface area contributed by atoms with E-state index >= 15 is 0 Å². The molecule has 5 heterocycles. The van der Waals surface area contributed by atoms with E-state index in [-0.39, 0.29) is 11.4 Å². The highest BCUT2D eigenvalue weighted by Gasteiger charge is 2.30. The zero-order valence-electron chi connectivity index (χ0n) is 19.4. The highest BCUT2D eigenvalue weighted by molar-refractivity contribution is 6.33. The van der Waals surface area contributed by atoms with Crippen LogP contribution in [-0.4, -0.2) is 52.3 Å². The van der Waals surface area contributed by atoms with Crippen molar-refractivity contribution in [2.75, 3.05) is 42.6 Å². The van der Waals surface area contributed by atoms with E-state index in [0.29, 0.717) is 72.7 Å². The maximum atomic E-state index is 14.6. The molecule has 1 atom stereocenters. The number of imidazole rings is 1. The van der Waals surface area contributed by atoms with Crippen molar-refractivity contribution >= 4 is 34.4 Å². The third-order valence-electron chi connectivity index (χ3n) is 6.64. The lowest BCUT2D eigenvalue weighted by molar-refractivity contribution is -0.0289. The summed E-state index contributed by atoms with van der Waals surface area (Å²) in [7, 11) is 0. The molecule has 4 aromatic rings. The van der Waals surface area contributed by atoms with Gasteiger partial charge in [-0.1, -0.05) is 11.6 Å². The fourth-order valence-electron chi connectivity index (χ4n) is 4.84. The first kappa shape index (κ1) is 22.8. The Bertz CT molecular complexity index is 1440. The van der Waals surface area contributed by atoms with Gasteiger partial charge >= 0.3 is 0 Å².